The molecule has 0 bridgehead atoms. The molecule has 3 atom stereocenters. The zero-order valence-electron chi connectivity index (χ0n) is 15.3. The van der Waals surface area contributed by atoms with Gasteiger partial charge in [-0.15, -0.1) is 0 Å². The van der Waals surface area contributed by atoms with Crippen LogP contribution in [0.15, 0.2) is 47.1 Å². The van der Waals surface area contributed by atoms with Gasteiger partial charge in [-0.1, -0.05) is 24.3 Å². The second kappa shape index (κ2) is 8.17. The summed E-state index contributed by atoms with van der Waals surface area (Å²) in [6.07, 6.45) is 4.81. The average molecular weight is 360 g/mol. The van der Waals surface area contributed by atoms with E-state index in [-0.39, 0.29) is 17.6 Å². The van der Waals surface area contributed by atoms with Crippen molar-refractivity contribution in [2.75, 3.05) is 0 Å². The number of aliphatic carboxylic acids is 1. The zero-order chi connectivity index (χ0) is 19.4. The minimum Gasteiger partial charge on any atom is -0.478 e. The first-order chi connectivity index (χ1) is 12.2. The van der Waals surface area contributed by atoms with Crippen LogP contribution in [0.3, 0.4) is 0 Å². The van der Waals surface area contributed by atoms with E-state index in [2.05, 4.69) is 6.58 Å². The average Bonchev–Trinajstić information content (AvgIpc) is 2.85. The third-order valence-corrected chi connectivity index (χ3v) is 4.75. The number of hydrogen-bond donors (Lipinski definition) is 1. The molecule has 140 valence electrons. The number of rotatable bonds is 3. The van der Waals surface area contributed by atoms with Crippen molar-refractivity contribution in [3.8, 4) is 0 Å². The molecule has 1 aliphatic heterocycles. The van der Waals surface area contributed by atoms with Gasteiger partial charge < -0.3 is 14.6 Å². The van der Waals surface area contributed by atoms with Gasteiger partial charge in [0.1, 0.15) is 12.2 Å². The lowest BCUT2D eigenvalue weighted by Crippen LogP contribution is -2.34. The highest BCUT2D eigenvalue weighted by Crippen LogP contribution is 2.36. The number of carboxylic acids is 1. The van der Waals surface area contributed by atoms with Gasteiger partial charge in [0.25, 0.3) is 0 Å². The quantitative estimate of drug-likeness (QED) is 0.472. The van der Waals surface area contributed by atoms with Crippen LogP contribution in [0, 0.1) is 5.92 Å². The number of carboxylic acid groups (broad SMARTS) is 1. The van der Waals surface area contributed by atoms with Gasteiger partial charge in [-0.25, -0.2) is 14.4 Å². The number of fused-ring (bicyclic) bond motifs is 1. The standard InChI is InChI=1S/C20H24O6/c1-5-12(3)19(23)25-16-10-14(18(21)22)8-6-7-11(2)9-15-17(16)13(4)20(24)26-15/h5,8-9,15-17H,4,6-7,10H2,1-3H3,(H,21,22)/b11-9+,12-5+,14-8-/t15-,16-,17?/m1/s1. The van der Waals surface area contributed by atoms with Crippen LogP contribution in [-0.2, 0) is 23.9 Å². The molecule has 2 aliphatic rings. The third-order valence-electron chi connectivity index (χ3n) is 4.75. The van der Waals surface area contributed by atoms with Crippen LogP contribution in [0.25, 0.3) is 0 Å². The Bertz CT molecular complexity index is 725. The SMILES string of the molecule is C=C1C(=O)O[C@@H]2/C=C(\C)CC/C=C(\C(=O)O)C[C@@H](OC(=O)/C(C)=C/C)C12. The van der Waals surface area contributed by atoms with Crippen molar-refractivity contribution >= 4 is 17.9 Å². The lowest BCUT2D eigenvalue weighted by atomic mass is 9.85. The molecule has 1 heterocycles. The van der Waals surface area contributed by atoms with E-state index in [1.54, 1.807) is 26.0 Å². The van der Waals surface area contributed by atoms with Crippen LogP contribution in [0.5, 0.6) is 0 Å². The van der Waals surface area contributed by atoms with Crippen LogP contribution in [0.2, 0.25) is 0 Å². The van der Waals surface area contributed by atoms with Crippen molar-refractivity contribution in [3.63, 3.8) is 0 Å². The van der Waals surface area contributed by atoms with Crippen molar-refractivity contribution in [2.45, 2.75) is 52.2 Å². The summed E-state index contributed by atoms with van der Waals surface area (Å²) < 4.78 is 11.0. The van der Waals surface area contributed by atoms with Crippen LogP contribution in [0.1, 0.15) is 40.0 Å². The molecule has 1 fully saturated rings. The van der Waals surface area contributed by atoms with Gasteiger partial charge in [0.2, 0.25) is 0 Å². The highest BCUT2D eigenvalue weighted by atomic mass is 16.6. The predicted molar refractivity (Wildman–Crippen MR) is 95.1 cm³/mol. The maximum Gasteiger partial charge on any atom is 0.334 e. The van der Waals surface area contributed by atoms with Gasteiger partial charge in [0, 0.05) is 23.1 Å². The fourth-order valence-electron chi connectivity index (χ4n) is 3.08. The van der Waals surface area contributed by atoms with E-state index in [1.807, 2.05) is 13.0 Å². The Morgan fingerprint density at radius 2 is 2.12 bits per heavy atom. The molecule has 1 saturated heterocycles. The molecule has 6 nitrogen and oxygen atoms in total. The van der Waals surface area contributed by atoms with Crippen molar-refractivity contribution in [1.29, 1.82) is 0 Å². The van der Waals surface area contributed by atoms with Gasteiger partial charge in [-0.3, -0.25) is 0 Å². The summed E-state index contributed by atoms with van der Waals surface area (Å²) in [7, 11) is 0. The number of ether oxygens (including phenoxy) is 2. The molecule has 0 aromatic heterocycles. The molecule has 2 rings (SSSR count). The normalized spacial score (nSPS) is 31.0. The van der Waals surface area contributed by atoms with Crippen molar-refractivity contribution in [1.82, 2.24) is 0 Å². The first-order valence-corrected chi connectivity index (χ1v) is 8.57. The van der Waals surface area contributed by atoms with E-state index < -0.39 is 36.0 Å². The first kappa shape index (κ1) is 19.7. The van der Waals surface area contributed by atoms with Gasteiger partial charge >= 0.3 is 17.9 Å². The summed E-state index contributed by atoms with van der Waals surface area (Å²) in [6, 6.07) is 0. The summed E-state index contributed by atoms with van der Waals surface area (Å²) in [5.74, 6) is -2.78. The van der Waals surface area contributed by atoms with Gasteiger partial charge in [-0.05, 0) is 39.7 Å². The number of carbonyl (C=O) groups is 3. The molecule has 1 aliphatic carbocycles. The van der Waals surface area contributed by atoms with Crippen LogP contribution < -0.4 is 0 Å². The van der Waals surface area contributed by atoms with E-state index in [9.17, 15) is 19.5 Å². The van der Waals surface area contributed by atoms with Crippen molar-refractivity contribution < 1.29 is 29.0 Å². The number of carbonyl (C=O) groups excluding carboxylic acids is 2. The molecular weight excluding hydrogens is 336 g/mol. The van der Waals surface area contributed by atoms with E-state index in [4.69, 9.17) is 9.47 Å². The van der Waals surface area contributed by atoms with Crippen molar-refractivity contribution in [2.24, 2.45) is 5.92 Å². The highest BCUT2D eigenvalue weighted by Gasteiger charge is 2.45. The molecule has 1 unspecified atom stereocenters. The summed E-state index contributed by atoms with van der Waals surface area (Å²) in [5, 5.41) is 9.49. The monoisotopic (exact) mass is 360 g/mol. The summed E-state index contributed by atoms with van der Waals surface area (Å²) in [5.41, 5.74) is 1.73. The van der Waals surface area contributed by atoms with Crippen LogP contribution in [0.4, 0.5) is 0 Å². The molecule has 6 heteroatoms. The lowest BCUT2D eigenvalue weighted by Gasteiger charge is -2.27. The second-order valence-corrected chi connectivity index (χ2v) is 6.63. The van der Waals surface area contributed by atoms with Crippen LogP contribution in [-0.4, -0.2) is 35.2 Å². The molecule has 0 radical (unpaired) electrons. The highest BCUT2D eigenvalue weighted by molar-refractivity contribution is 5.92. The second-order valence-electron chi connectivity index (χ2n) is 6.63. The van der Waals surface area contributed by atoms with E-state index in [0.717, 1.165) is 5.57 Å². The summed E-state index contributed by atoms with van der Waals surface area (Å²) in [6.45, 7) is 9.01. The number of hydrogen-bond acceptors (Lipinski definition) is 5. The lowest BCUT2D eigenvalue weighted by molar-refractivity contribution is -0.148. The van der Waals surface area contributed by atoms with E-state index in [0.29, 0.717) is 18.4 Å². The van der Waals surface area contributed by atoms with E-state index >= 15 is 0 Å². The zero-order valence-corrected chi connectivity index (χ0v) is 15.3. The van der Waals surface area contributed by atoms with Crippen molar-refractivity contribution in [3.05, 3.63) is 47.1 Å². The first-order valence-electron chi connectivity index (χ1n) is 8.57. The number of allylic oxidation sites excluding steroid dienone is 3. The summed E-state index contributed by atoms with van der Waals surface area (Å²) >= 11 is 0. The van der Waals surface area contributed by atoms with E-state index in [1.165, 1.54) is 0 Å². The topological polar surface area (TPSA) is 89.9 Å². The smallest absolute Gasteiger partial charge is 0.334 e. The Kier molecular flexibility index (Phi) is 6.18. The van der Waals surface area contributed by atoms with Gasteiger partial charge in [-0.2, -0.15) is 0 Å². The minimum atomic E-state index is -1.07. The number of esters is 2. The molecule has 0 aromatic carbocycles. The Morgan fingerprint density at radius 3 is 2.73 bits per heavy atom. The molecule has 0 spiro atoms. The Labute approximate surface area is 152 Å². The molecule has 0 aromatic rings. The minimum absolute atomic E-state index is 0.0121. The molecule has 26 heavy (non-hydrogen) atoms. The largest absolute Gasteiger partial charge is 0.478 e. The molecular formula is C20H24O6. The Morgan fingerprint density at radius 1 is 1.42 bits per heavy atom. The predicted octanol–water partition coefficient (Wildman–Crippen LogP) is 3.10. The fourth-order valence-corrected chi connectivity index (χ4v) is 3.08. The fraction of sp³-hybridized carbons (Fsp3) is 0.450. The molecule has 0 amide bonds. The maximum atomic E-state index is 12.3. The third kappa shape index (κ3) is 4.31. The molecule has 0 saturated carbocycles. The van der Waals surface area contributed by atoms with Crippen LogP contribution >= 0.6 is 0 Å². The van der Waals surface area contributed by atoms with Gasteiger partial charge in [0.15, 0.2) is 0 Å². The maximum absolute atomic E-state index is 12.3. The Balaban J connectivity index is 2.46. The Hall–Kier alpha value is -2.63. The van der Waals surface area contributed by atoms with Gasteiger partial charge in [0.05, 0.1) is 5.92 Å². The summed E-state index contributed by atoms with van der Waals surface area (Å²) in [4.78, 5) is 35.9. The molecule has 1 N–H and O–H groups in total.